The quantitative estimate of drug-likeness (QED) is 0.836. The van der Waals surface area contributed by atoms with E-state index in [-0.39, 0.29) is 17.8 Å². The smallest absolute Gasteiger partial charge is 0.387 e. The molecule has 0 radical (unpaired) electrons. The van der Waals surface area contributed by atoms with Gasteiger partial charge >= 0.3 is 6.61 Å². The van der Waals surface area contributed by atoms with E-state index in [0.717, 1.165) is 19.3 Å². The molecule has 1 aromatic heterocycles. The van der Waals surface area contributed by atoms with E-state index >= 15 is 0 Å². The average molecular weight is 244 g/mol. The highest BCUT2D eigenvalue weighted by atomic mass is 19.3. The molecule has 0 aromatic carbocycles. The van der Waals surface area contributed by atoms with Crippen molar-refractivity contribution in [2.24, 2.45) is 5.73 Å². The lowest BCUT2D eigenvalue weighted by atomic mass is 10.2. The lowest BCUT2D eigenvalue weighted by Gasteiger charge is -2.12. The van der Waals surface area contributed by atoms with Crippen molar-refractivity contribution in [2.45, 2.75) is 38.0 Å². The van der Waals surface area contributed by atoms with Crippen LogP contribution in [0.4, 0.5) is 14.7 Å². The summed E-state index contributed by atoms with van der Waals surface area (Å²) in [5.41, 5.74) is 5.77. The van der Waals surface area contributed by atoms with Crippen LogP contribution >= 0.6 is 0 Å². The number of ether oxygens (including phenoxy) is 1. The van der Waals surface area contributed by atoms with E-state index in [1.54, 1.807) is 0 Å². The fourth-order valence-corrected chi connectivity index (χ4v) is 1.88. The van der Waals surface area contributed by atoms with E-state index in [1.807, 2.05) is 0 Å². The van der Waals surface area contributed by atoms with Crippen molar-refractivity contribution in [1.29, 1.82) is 0 Å². The minimum Gasteiger partial charge on any atom is -0.432 e. The average Bonchev–Trinajstić information content (AvgIpc) is 2.66. The van der Waals surface area contributed by atoms with Gasteiger partial charge in [-0.05, 0) is 19.3 Å². The molecule has 1 heterocycles. The van der Waals surface area contributed by atoms with Crippen molar-refractivity contribution >= 4 is 5.95 Å². The highest BCUT2D eigenvalue weighted by Gasteiger charge is 2.22. The summed E-state index contributed by atoms with van der Waals surface area (Å²) in [5.74, 6) is 0.361. The summed E-state index contributed by atoms with van der Waals surface area (Å²) in [6.45, 7) is -2.86. The fraction of sp³-hybridized carbons (Fsp3) is 0.600. The van der Waals surface area contributed by atoms with E-state index in [9.17, 15) is 8.78 Å². The molecule has 1 aliphatic rings. The molecule has 2 atom stereocenters. The monoisotopic (exact) mass is 244 g/mol. The lowest BCUT2D eigenvalue weighted by Crippen LogP contribution is -2.21. The molecule has 1 aliphatic carbocycles. The van der Waals surface area contributed by atoms with Gasteiger partial charge in [-0.15, -0.1) is 0 Å². The Morgan fingerprint density at radius 2 is 2.06 bits per heavy atom. The first-order valence-electron chi connectivity index (χ1n) is 5.42. The van der Waals surface area contributed by atoms with Gasteiger partial charge in [0.1, 0.15) is 0 Å². The summed E-state index contributed by atoms with van der Waals surface area (Å²) < 4.78 is 27.9. The van der Waals surface area contributed by atoms with Gasteiger partial charge in [0.25, 0.3) is 0 Å². The van der Waals surface area contributed by atoms with Crippen LogP contribution in [0.2, 0.25) is 0 Å². The second-order valence-electron chi connectivity index (χ2n) is 4.04. The van der Waals surface area contributed by atoms with E-state index < -0.39 is 6.61 Å². The molecule has 0 aliphatic heterocycles. The molecule has 5 nitrogen and oxygen atoms in total. The molecule has 0 amide bonds. The van der Waals surface area contributed by atoms with Gasteiger partial charge in [-0.3, -0.25) is 0 Å². The topological polar surface area (TPSA) is 73.1 Å². The Bertz CT molecular complexity index is 360. The normalized spacial score (nSPS) is 24.0. The van der Waals surface area contributed by atoms with Crippen LogP contribution in [0.3, 0.4) is 0 Å². The first kappa shape index (κ1) is 12.0. The Hall–Kier alpha value is -1.50. The number of rotatable bonds is 4. The molecule has 17 heavy (non-hydrogen) atoms. The van der Waals surface area contributed by atoms with Gasteiger partial charge in [0.15, 0.2) is 5.75 Å². The molecule has 0 unspecified atom stereocenters. The Balaban J connectivity index is 1.89. The Morgan fingerprint density at radius 1 is 1.35 bits per heavy atom. The van der Waals surface area contributed by atoms with Crippen molar-refractivity contribution in [3.63, 3.8) is 0 Å². The number of nitrogens with one attached hydrogen (secondary N) is 1. The zero-order chi connectivity index (χ0) is 12.3. The predicted molar refractivity (Wildman–Crippen MR) is 57.9 cm³/mol. The van der Waals surface area contributed by atoms with Crippen LogP contribution in [0.5, 0.6) is 5.75 Å². The highest BCUT2D eigenvalue weighted by Crippen LogP contribution is 2.20. The summed E-state index contributed by atoms with van der Waals surface area (Å²) in [6.07, 6.45) is 5.26. The maximum Gasteiger partial charge on any atom is 0.387 e. The van der Waals surface area contributed by atoms with Crippen LogP contribution < -0.4 is 15.8 Å². The third kappa shape index (κ3) is 3.48. The standard InChI is InChI=1S/C10H14F2N4O/c11-9(12)17-8-4-14-10(15-5-8)16-7-2-1-6(13)3-7/h4-7,9H,1-3,13H2,(H,14,15,16)/t6-,7-/m0/s1. The maximum absolute atomic E-state index is 11.9. The molecule has 1 aromatic rings. The van der Waals surface area contributed by atoms with E-state index in [0.29, 0.717) is 5.95 Å². The number of alkyl halides is 2. The largest absolute Gasteiger partial charge is 0.432 e. The fourth-order valence-electron chi connectivity index (χ4n) is 1.88. The van der Waals surface area contributed by atoms with Crippen LogP contribution in [0, 0.1) is 0 Å². The summed E-state index contributed by atoms with van der Waals surface area (Å²) in [4.78, 5) is 7.80. The molecule has 3 N–H and O–H groups in total. The minimum atomic E-state index is -2.86. The van der Waals surface area contributed by atoms with E-state index in [4.69, 9.17) is 5.73 Å². The van der Waals surface area contributed by atoms with Crippen molar-refractivity contribution in [2.75, 3.05) is 5.32 Å². The van der Waals surface area contributed by atoms with Crippen molar-refractivity contribution in [3.05, 3.63) is 12.4 Å². The summed E-state index contributed by atoms with van der Waals surface area (Å²) in [5, 5.41) is 3.11. The summed E-state index contributed by atoms with van der Waals surface area (Å²) >= 11 is 0. The van der Waals surface area contributed by atoms with Gasteiger partial charge in [0, 0.05) is 12.1 Å². The van der Waals surface area contributed by atoms with Crippen LogP contribution in [0.15, 0.2) is 12.4 Å². The van der Waals surface area contributed by atoms with E-state index in [1.165, 1.54) is 12.4 Å². The number of halogens is 2. The lowest BCUT2D eigenvalue weighted by molar-refractivity contribution is -0.0503. The Kier molecular flexibility index (Phi) is 3.68. The number of nitrogens with zero attached hydrogens (tertiary/aromatic N) is 2. The zero-order valence-corrected chi connectivity index (χ0v) is 9.14. The number of hydrogen-bond donors (Lipinski definition) is 2. The van der Waals surface area contributed by atoms with Crippen molar-refractivity contribution in [3.8, 4) is 5.75 Å². The summed E-state index contributed by atoms with van der Waals surface area (Å²) in [7, 11) is 0. The molecule has 2 rings (SSSR count). The second-order valence-corrected chi connectivity index (χ2v) is 4.04. The molecule has 1 fully saturated rings. The molecule has 0 spiro atoms. The minimum absolute atomic E-state index is 0.0475. The van der Waals surface area contributed by atoms with Gasteiger partial charge in [-0.2, -0.15) is 8.78 Å². The molecule has 0 bridgehead atoms. The first-order chi connectivity index (χ1) is 8.13. The molecule has 0 saturated heterocycles. The molecule has 7 heteroatoms. The predicted octanol–water partition coefficient (Wildman–Crippen LogP) is 1.37. The van der Waals surface area contributed by atoms with Gasteiger partial charge in [-0.25, -0.2) is 9.97 Å². The second kappa shape index (κ2) is 5.22. The first-order valence-corrected chi connectivity index (χ1v) is 5.42. The molecular weight excluding hydrogens is 230 g/mol. The van der Waals surface area contributed by atoms with Gasteiger partial charge < -0.3 is 15.8 Å². The SMILES string of the molecule is N[C@H]1CC[C@H](Nc2ncc(OC(F)F)cn2)C1. The summed E-state index contributed by atoms with van der Waals surface area (Å²) in [6, 6.07) is 0.473. The Morgan fingerprint density at radius 3 is 2.59 bits per heavy atom. The zero-order valence-electron chi connectivity index (χ0n) is 9.14. The third-order valence-electron chi connectivity index (χ3n) is 2.66. The number of aromatic nitrogens is 2. The van der Waals surface area contributed by atoms with Crippen LogP contribution in [-0.2, 0) is 0 Å². The van der Waals surface area contributed by atoms with Crippen LogP contribution in [0.1, 0.15) is 19.3 Å². The Labute approximate surface area is 97.4 Å². The highest BCUT2D eigenvalue weighted by molar-refractivity contribution is 5.28. The number of nitrogens with two attached hydrogens (primary N) is 1. The van der Waals surface area contributed by atoms with Crippen LogP contribution in [0.25, 0.3) is 0 Å². The van der Waals surface area contributed by atoms with Gasteiger partial charge in [-0.1, -0.05) is 0 Å². The van der Waals surface area contributed by atoms with E-state index in [2.05, 4.69) is 20.0 Å². The van der Waals surface area contributed by atoms with Crippen molar-refractivity contribution in [1.82, 2.24) is 9.97 Å². The molecule has 1 saturated carbocycles. The molecule has 94 valence electrons. The number of anilines is 1. The van der Waals surface area contributed by atoms with Crippen molar-refractivity contribution < 1.29 is 13.5 Å². The van der Waals surface area contributed by atoms with Gasteiger partial charge in [0.2, 0.25) is 5.95 Å². The third-order valence-corrected chi connectivity index (χ3v) is 2.66. The van der Waals surface area contributed by atoms with Crippen LogP contribution in [-0.4, -0.2) is 28.7 Å². The number of hydrogen-bond acceptors (Lipinski definition) is 5. The molecular formula is C10H14F2N4O. The maximum atomic E-state index is 11.9. The van der Waals surface area contributed by atoms with Gasteiger partial charge in [0.05, 0.1) is 12.4 Å².